The molecule has 142 valence electrons. The molecule has 2 aromatic heterocycles. The van der Waals surface area contributed by atoms with Gasteiger partial charge in [-0.05, 0) is 25.5 Å². The van der Waals surface area contributed by atoms with Crippen molar-refractivity contribution in [2.75, 3.05) is 6.61 Å². The predicted octanol–water partition coefficient (Wildman–Crippen LogP) is 1.07. The van der Waals surface area contributed by atoms with Crippen molar-refractivity contribution in [2.24, 2.45) is 0 Å². The molecule has 2 N–H and O–H groups in total. The lowest BCUT2D eigenvalue weighted by Gasteiger charge is -2.14. The van der Waals surface area contributed by atoms with E-state index in [1.807, 2.05) is 19.9 Å². The van der Waals surface area contributed by atoms with E-state index in [2.05, 4.69) is 10.1 Å². The number of aromatic nitrogens is 3. The fourth-order valence-corrected chi connectivity index (χ4v) is 3.20. The summed E-state index contributed by atoms with van der Waals surface area (Å²) in [4.78, 5) is 15.9. The molecule has 3 heterocycles. The highest BCUT2D eigenvalue weighted by Crippen LogP contribution is 2.25. The van der Waals surface area contributed by atoms with E-state index in [0.29, 0.717) is 23.8 Å². The number of hydrogen-bond acceptors (Lipinski definition) is 7. The number of hydrogen-bond donors (Lipinski definition) is 2. The molecule has 0 unspecified atom stereocenters. The van der Waals surface area contributed by atoms with Gasteiger partial charge in [0.1, 0.15) is 35.9 Å². The molecule has 1 aliphatic rings. The minimum Gasteiger partial charge on any atom is -0.463 e. The van der Waals surface area contributed by atoms with Crippen LogP contribution in [0.3, 0.4) is 0 Å². The summed E-state index contributed by atoms with van der Waals surface area (Å²) in [5.41, 5.74) is 1.59. The van der Waals surface area contributed by atoms with E-state index in [1.54, 1.807) is 10.6 Å². The molecule has 9 heteroatoms. The van der Waals surface area contributed by atoms with Crippen LogP contribution in [0.4, 0.5) is 0 Å². The number of imidazole rings is 1. The van der Waals surface area contributed by atoms with Crippen molar-refractivity contribution >= 4 is 23.1 Å². The second kappa shape index (κ2) is 7.87. The molecule has 1 fully saturated rings. The first-order valence-electron chi connectivity index (χ1n) is 8.58. The Hall–Kier alpha value is -1.74. The Morgan fingerprint density at radius 2 is 2.08 bits per heavy atom. The van der Waals surface area contributed by atoms with E-state index in [0.717, 1.165) is 11.2 Å². The van der Waals surface area contributed by atoms with E-state index in [1.165, 1.54) is 0 Å². The number of carbonyl (C=O) groups is 1. The van der Waals surface area contributed by atoms with Gasteiger partial charge in [0.25, 0.3) is 0 Å². The van der Waals surface area contributed by atoms with Crippen LogP contribution in [0.15, 0.2) is 12.1 Å². The molecule has 1 aliphatic heterocycles. The van der Waals surface area contributed by atoms with Crippen LogP contribution in [0.25, 0.3) is 5.52 Å². The first-order chi connectivity index (χ1) is 12.4. The van der Waals surface area contributed by atoms with Crippen molar-refractivity contribution < 1.29 is 24.5 Å². The first kappa shape index (κ1) is 19.0. The van der Waals surface area contributed by atoms with Crippen LogP contribution in [0, 0.1) is 6.92 Å². The summed E-state index contributed by atoms with van der Waals surface area (Å²) in [5, 5.41) is 25.0. The van der Waals surface area contributed by atoms with E-state index in [-0.39, 0.29) is 19.0 Å². The molecular weight excluding hydrogens is 362 g/mol. The number of carbonyl (C=O) groups excluding carboxylic acids is 1. The maximum atomic E-state index is 11.5. The third-order valence-electron chi connectivity index (χ3n) is 4.42. The molecule has 2 aromatic rings. The standard InChI is InChI=1S/C17H22ClN3O5/c1-3-4-15(22)25-8-12-17(24)16(23)11(26-12)7-14-19-9(2)10-5-6-13(18)20-21(10)14/h5-6,11-12,16-17,23-24H,3-4,7-8H2,1-2H3/t11-,12+,16-,17+/m0/s1. The number of aliphatic hydroxyl groups excluding tert-OH is 2. The van der Waals surface area contributed by atoms with Gasteiger partial charge in [-0.25, -0.2) is 9.50 Å². The first-order valence-corrected chi connectivity index (χ1v) is 8.96. The lowest BCUT2D eigenvalue weighted by Crippen LogP contribution is -2.35. The molecule has 8 nitrogen and oxygen atoms in total. The van der Waals surface area contributed by atoms with Gasteiger partial charge in [0.05, 0.1) is 17.3 Å². The maximum Gasteiger partial charge on any atom is 0.305 e. The fourth-order valence-electron chi connectivity index (χ4n) is 3.07. The molecule has 0 spiro atoms. The molecule has 1 saturated heterocycles. The zero-order valence-electron chi connectivity index (χ0n) is 14.6. The third kappa shape index (κ3) is 3.83. The highest BCUT2D eigenvalue weighted by atomic mass is 35.5. The van der Waals surface area contributed by atoms with Gasteiger partial charge in [-0.1, -0.05) is 18.5 Å². The van der Waals surface area contributed by atoms with Gasteiger partial charge in [0, 0.05) is 12.8 Å². The highest BCUT2D eigenvalue weighted by Gasteiger charge is 2.43. The number of nitrogens with zero attached hydrogens (tertiary/aromatic N) is 3. The topological polar surface area (TPSA) is 106 Å². The van der Waals surface area contributed by atoms with Gasteiger partial charge >= 0.3 is 5.97 Å². The zero-order valence-corrected chi connectivity index (χ0v) is 15.4. The minimum absolute atomic E-state index is 0.0982. The lowest BCUT2D eigenvalue weighted by atomic mass is 10.1. The molecule has 26 heavy (non-hydrogen) atoms. The van der Waals surface area contributed by atoms with Crippen LogP contribution < -0.4 is 0 Å². The number of aryl methyl sites for hydroxylation is 1. The summed E-state index contributed by atoms with van der Waals surface area (Å²) < 4.78 is 12.4. The average molecular weight is 384 g/mol. The van der Waals surface area contributed by atoms with Crippen molar-refractivity contribution in [1.82, 2.24) is 14.6 Å². The van der Waals surface area contributed by atoms with Crippen LogP contribution in [-0.4, -0.2) is 61.8 Å². The maximum absolute atomic E-state index is 11.5. The van der Waals surface area contributed by atoms with Gasteiger partial charge in [0.2, 0.25) is 0 Å². The van der Waals surface area contributed by atoms with Crippen LogP contribution in [-0.2, 0) is 20.7 Å². The predicted molar refractivity (Wildman–Crippen MR) is 93.0 cm³/mol. The van der Waals surface area contributed by atoms with E-state index in [4.69, 9.17) is 21.1 Å². The van der Waals surface area contributed by atoms with Crippen LogP contribution >= 0.6 is 11.6 Å². The van der Waals surface area contributed by atoms with Gasteiger partial charge < -0.3 is 19.7 Å². The minimum atomic E-state index is -1.14. The summed E-state index contributed by atoms with van der Waals surface area (Å²) in [6, 6.07) is 3.50. The van der Waals surface area contributed by atoms with Crippen molar-refractivity contribution in [3.05, 3.63) is 28.8 Å². The second-order valence-electron chi connectivity index (χ2n) is 6.40. The largest absolute Gasteiger partial charge is 0.463 e. The van der Waals surface area contributed by atoms with E-state index >= 15 is 0 Å². The number of aliphatic hydroxyl groups is 2. The van der Waals surface area contributed by atoms with E-state index < -0.39 is 24.4 Å². The Morgan fingerprint density at radius 3 is 2.81 bits per heavy atom. The molecule has 3 rings (SSSR count). The normalized spacial score (nSPS) is 25.7. The Bertz CT molecular complexity index is 796. The van der Waals surface area contributed by atoms with Gasteiger partial charge in [0.15, 0.2) is 0 Å². The van der Waals surface area contributed by atoms with Crippen molar-refractivity contribution in [3.8, 4) is 0 Å². The van der Waals surface area contributed by atoms with Crippen LogP contribution in [0.5, 0.6) is 0 Å². The number of fused-ring (bicyclic) bond motifs is 1. The van der Waals surface area contributed by atoms with Crippen LogP contribution in [0.2, 0.25) is 5.15 Å². The number of esters is 1. The molecule has 0 amide bonds. The van der Waals surface area contributed by atoms with Gasteiger partial charge in [-0.3, -0.25) is 4.79 Å². The lowest BCUT2D eigenvalue weighted by molar-refractivity contribution is -0.149. The summed E-state index contributed by atoms with van der Waals surface area (Å²) in [7, 11) is 0. The third-order valence-corrected chi connectivity index (χ3v) is 4.62. The Morgan fingerprint density at radius 1 is 1.35 bits per heavy atom. The van der Waals surface area contributed by atoms with Crippen molar-refractivity contribution in [3.63, 3.8) is 0 Å². The summed E-state index contributed by atoms with van der Waals surface area (Å²) in [6.45, 7) is 3.63. The molecule has 0 aromatic carbocycles. The molecule has 0 aliphatic carbocycles. The van der Waals surface area contributed by atoms with E-state index in [9.17, 15) is 15.0 Å². The zero-order chi connectivity index (χ0) is 18.8. The molecule has 0 bridgehead atoms. The van der Waals surface area contributed by atoms with Gasteiger partial charge in [-0.15, -0.1) is 0 Å². The highest BCUT2D eigenvalue weighted by molar-refractivity contribution is 6.29. The average Bonchev–Trinajstić information content (AvgIpc) is 3.05. The Balaban J connectivity index is 1.70. The van der Waals surface area contributed by atoms with Gasteiger partial charge in [-0.2, -0.15) is 5.10 Å². The molecule has 0 saturated carbocycles. The summed E-state index contributed by atoms with van der Waals surface area (Å²) >= 11 is 5.96. The SMILES string of the molecule is CCCC(=O)OC[C@H]1O[C@@H](Cc2nc(C)c3ccc(Cl)nn23)[C@H](O)[C@@H]1O. The number of ether oxygens (including phenoxy) is 2. The number of rotatable bonds is 6. The molecule has 4 atom stereocenters. The Kier molecular flexibility index (Phi) is 5.76. The summed E-state index contributed by atoms with van der Waals surface area (Å²) in [5.74, 6) is 0.217. The van der Waals surface area contributed by atoms with Crippen molar-refractivity contribution in [2.45, 2.75) is 57.5 Å². The second-order valence-corrected chi connectivity index (χ2v) is 6.79. The molecular formula is C17H22ClN3O5. The number of halogens is 1. The van der Waals surface area contributed by atoms with Crippen LogP contribution in [0.1, 0.15) is 31.3 Å². The Labute approximate surface area is 155 Å². The quantitative estimate of drug-likeness (QED) is 0.718. The van der Waals surface area contributed by atoms with Crippen molar-refractivity contribution in [1.29, 1.82) is 0 Å². The molecule has 0 radical (unpaired) electrons. The fraction of sp³-hybridized carbons (Fsp3) is 0.588. The monoisotopic (exact) mass is 383 g/mol. The summed E-state index contributed by atoms with van der Waals surface area (Å²) in [6.07, 6.45) is -2.50. The smallest absolute Gasteiger partial charge is 0.305 e.